The number of carbonyl (C=O) groups excluding carboxylic acids is 2. The van der Waals surface area contributed by atoms with E-state index in [0.717, 1.165) is 33.6 Å². The molecule has 4 aromatic carbocycles. The van der Waals surface area contributed by atoms with Crippen molar-refractivity contribution in [1.82, 2.24) is 0 Å². The quantitative estimate of drug-likeness (QED) is 0.105. The monoisotopic (exact) mass is 717 g/mol. The zero-order chi connectivity index (χ0) is 36.9. The number of Topliss-reactive ketones (excluding diaryl/α,β-unsaturated/α-hetero) is 1. The molecule has 2 unspecified atom stereocenters. The molecule has 2 N–H and O–H groups in total. The molecule has 0 saturated heterocycles. The van der Waals surface area contributed by atoms with Crippen molar-refractivity contribution in [2.24, 2.45) is 5.41 Å². The number of benzene rings is 4. The Morgan fingerprint density at radius 3 is 1.98 bits per heavy atom. The molecule has 4 aromatic rings. The zero-order valence-electron chi connectivity index (χ0n) is 29.9. The van der Waals surface area contributed by atoms with Crippen molar-refractivity contribution in [1.29, 1.82) is 0 Å². The second-order valence-corrected chi connectivity index (χ2v) is 17.1. The Labute approximate surface area is 302 Å². The Morgan fingerprint density at radius 1 is 0.840 bits per heavy atom. The standard InChI is InChI=1S/C41H48ClNO6S/c1-27(28-10-12-30(13-11-28)37(44)9-8-24-50(46,47)48)38(31-16-21-34(22-17-31)49-26-40(2,3)4)39(45)43-33-19-14-29(15-20-33)35-23-18-32(25-36(35)42)41(5,6)7/h10-23,25,27,38H,8-9,24,26H2,1-7H3,(H,43,45)(H,46,47,48). The maximum absolute atomic E-state index is 14.1. The Kier molecular flexibility index (Phi) is 12.4. The third-order valence-corrected chi connectivity index (χ3v) is 9.67. The van der Waals surface area contributed by atoms with E-state index < -0.39 is 21.8 Å². The third-order valence-electron chi connectivity index (χ3n) is 8.56. The maximum atomic E-state index is 14.1. The van der Waals surface area contributed by atoms with E-state index in [9.17, 15) is 18.0 Å². The summed E-state index contributed by atoms with van der Waals surface area (Å²) in [6, 6.07) is 28.4. The van der Waals surface area contributed by atoms with Crippen LogP contribution < -0.4 is 10.1 Å². The summed E-state index contributed by atoms with van der Waals surface area (Å²) in [7, 11) is -4.13. The smallest absolute Gasteiger partial charge is 0.264 e. The van der Waals surface area contributed by atoms with Gasteiger partial charge in [0.05, 0.1) is 18.3 Å². The first-order valence-corrected chi connectivity index (χ1v) is 18.8. The topological polar surface area (TPSA) is 110 Å². The minimum Gasteiger partial charge on any atom is -0.493 e. The van der Waals surface area contributed by atoms with Crippen molar-refractivity contribution < 1.29 is 27.3 Å². The molecule has 0 aromatic heterocycles. The van der Waals surface area contributed by atoms with Gasteiger partial charge in [0.2, 0.25) is 5.91 Å². The van der Waals surface area contributed by atoms with E-state index in [1.807, 2.05) is 79.7 Å². The van der Waals surface area contributed by atoms with E-state index in [0.29, 0.717) is 22.9 Å². The van der Waals surface area contributed by atoms with E-state index in [-0.39, 0.29) is 41.3 Å². The summed E-state index contributed by atoms with van der Waals surface area (Å²) in [6.45, 7) is 15.3. The van der Waals surface area contributed by atoms with Crippen LogP contribution in [0.5, 0.6) is 5.75 Å². The average molecular weight is 718 g/mol. The maximum Gasteiger partial charge on any atom is 0.264 e. The Balaban J connectivity index is 1.57. The molecule has 0 saturated carbocycles. The number of ether oxygens (including phenoxy) is 1. The Bertz CT molecular complexity index is 1890. The number of rotatable bonds is 13. The molecule has 1 amide bonds. The zero-order valence-corrected chi connectivity index (χ0v) is 31.5. The van der Waals surface area contributed by atoms with Gasteiger partial charge < -0.3 is 10.1 Å². The van der Waals surface area contributed by atoms with E-state index in [1.54, 1.807) is 12.1 Å². The first kappa shape index (κ1) is 38.8. The molecule has 0 heterocycles. The average Bonchev–Trinajstić information content (AvgIpc) is 3.03. The van der Waals surface area contributed by atoms with Crippen LogP contribution in [0.4, 0.5) is 5.69 Å². The molecule has 2 atom stereocenters. The lowest BCUT2D eigenvalue weighted by molar-refractivity contribution is -0.118. The highest BCUT2D eigenvalue weighted by Gasteiger charge is 2.29. The molecular formula is C41H48ClNO6S. The van der Waals surface area contributed by atoms with E-state index >= 15 is 0 Å². The van der Waals surface area contributed by atoms with Crippen LogP contribution in [-0.2, 0) is 20.3 Å². The highest BCUT2D eigenvalue weighted by Crippen LogP contribution is 2.37. The number of amides is 1. The number of hydrogen-bond acceptors (Lipinski definition) is 5. The van der Waals surface area contributed by atoms with Crippen LogP contribution in [0.25, 0.3) is 11.1 Å². The molecule has 9 heteroatoms. The number of hydrogen-bond donors (Lipinski definition) is 2. The van der Waals surface area contributed by atoms with E-state index in [1.165, 1.54) is 0 Å². The van der Waals surface area contributed by atoms with Crippen LogP contribution in [0, 0.1) is 5.41 Å². The van der Waals surface area contributed by atoms with Gasteiger partial charge in [0, 0.05) is 28.3 Å². The second-order valence-electron chi connectivity index (χ2n) is 15.1. The summed E-state index contributed by atoms with van der Waals surface area (Å²) in [4.78, 5) is 26.8. The molecule has 50 heavy (non-hydrogen) atoms. The molecule has 0 bridgehead atoms. The first-order valence-electron chi connectivity index (χ1n) is 16.8. The van der Waals surface area contributed by atoms with Crippen molar-refractivity contribution >= 4 is 39.1 Å². The van der Waals surface area contributed by atoms with Crippen molar-refractivity contribution in [2.45, 2.75) is 78.6 Å². The van der Waals surface area contributed by atoms with E-state index in [4.69, 9.17) is 20.9 Å². The van der Waals surface area contributed by atoms with Crippen molar-refractivity contribution in [3.63, 3.8) is 0 Å². The van der Waals surface area contributed by atoms with Gasteiger partial charge in [-0.1, -0.05) is 121 Å². The van der Waals surface area contributed by atoms with Gasteiger partial charge in [-0.05, 0) is 75.8 Å². The number of ketones is 1. The predicted molar refractivity (Wildman–Crippen MR) is 203 cm³/mol. The number of nitrogens with one attached hydrogen (secondary N) is 1. The molecule has 0 spiro atoms. The molecular weight excluding hydrogens is 670 g/mol. The van der Waals surface area contributed by atoms with Gasteiger partial charge in [-0.15, -0.1) is 0 Å². The molecule has 0 aliphatic heterocycles. The Morgan fingerprint density at radius 2 is 1.44 bits per heavy atom. The summed E-state index contributed by atoms with van der Waals surface area (Å²) < 4.78 is 37.0. The minimum absolute atomic E-state index is 0.00340. The van der Waals surface area contributed by atoms with Crippen LogP contribution in [0.15, 0.2) is 91.0 Å². The third kappa shape index (κ3) is 11.0. The van der Waals surface area contributed by atoms with Crippen LogP contribution in [0.3, 0.4) is 0 Å². The number of halogens is 1. The highest BCUT2D eigenvalue weighted by atomic mass is 35.5. The largest absolute Gasteiger partial charge is 0.493 e. The lowest BCUT2D eigenvalue weighted by atomic mass is 9.81. The summed E-state index contributed by atoms with van der Waals surface area (Å²) in [5.41, 5.74) is 5.74. The number of carbonyl (C=O) groups is 2. The fourth-order valence-electron chi connectivity index (χ4n) is 5.63. The number of anilines is 1. The molecule has 0 radical (unpaired) electrons. The van der Waals surface area contributed by atoms with Crippen LogP contribution in [0.2, 0.25) is 5.02 Å². The SMILES string of the molecule is CC(c1ccc(C(=O)CCCS(=O)(=O)O)cc1)C(C(=O)Nc1ccc(-c2ccc(C(C)(C)C)cc2Cl)cc1)c1ccc(OCC(C)(C)C)cc1. The molecule has 4 rings (SSSR count). The summed E-state index contributed by atoms with van der Waals surface area (Å²) in [5, 5.41) is 3.78. The lowest BCUT2D eigenvalue weighted by Gasteiger charge is -2.25. The molecule has 0 fully saturated rings. The van der Waals surface area contributed by atoms with Gasteiger partial charge >= 0.3 is 0 Å². The van der Waals surface area contributed by atoms with Gasteiger partial charge in [0.1, 0.15) is 5.75 Å². The van der Waals surface area contributed by atoms with Gasteiger partial charge in [-0.2, -0.15) is 8.42 Å². The predicted octanol–water partition coefficient (Wildman–Crippen LogP) is 10.1. The Hall–Kier alpha value is -3.98. The molecule has 266 valence electrons. The van der Waals surface area contributed by atoms with Gasteiger partial charge in [0.25, 0.3) is 10.1 Å². The molecule has 7 nitrogen and oxygen atoms in total. The fraction of sp³-hybridized carbons (Fsp3) is 0.366. The first-order chi connectivity index (χ1) is 23.3. The molecule has 0 aliphatic carbocycles. The van der Waals surface area contributed by atoms with Gasteiger partial charge in [0.15, 0.2) is 5.78 Å². The normalized spacial score (nSPS) is 13.4. The second kappa shape index (κ2) is 15.9. The summed E-state index contributed by atoms with van der Waals surface area (Å²) in [6.07, 6.45) is 0.0294. The fourth-order valence-corrected chi connectivity index (χ4v) is 6.43. The van der Waals surface area contributed by atoms with Crippen LogP contribution in [-0.4, -0.2) is 37.0 Å². The summed E-state index contributed by atoms with van der Waals surface area (Å²) in [5.74, 6) is -1.01. The van der Waals surface area contributed by atoms with Crippen molar-refractivity contribution in [2.75, 3.05) is 17.7 Å². The van der Waals surface area contributed by atoms with Crippen LogP contribution in [0.1, 0.15) is 100 Å². The van der Waals surface area contributed by atoms with E-state index in [2.05, 4.69) is 52.9 Å². The van der Waals surface area contributed by atoms with Crippen LogP contribution >= 0.6 is 11.6 Å². The minimum atomic E-state index is -4.13. The highest BCUT2D eigenvalue weighted by molar-refractivity contribution is 7.85. The summed E-state index contributed by atoms with van der Waals surface area (Å²) >= 11 is 6.69. The van der Waals surface area contributed by atoms with Gasteiger partial charge in [-0.3, -0.25) is 14.1 Å². The van der Waals surface area contributed by atoms with Crippen molar-refractivity contribution in [3.05, 3.63) is 118 Å². The van der Waals surface area contributed by atoms with Gasteiger partial charge in [-0.25, -0.2) is 0 Å². The molecule has 0 aliphatic rings. The van der Waals surface area contributed by atoms with Crippen molar-refractivity contribution in [3.8, 4) is 16.9 Å². The lowest BCUT2D eigenvalue weighted by Crippen LogP contribution is -2.25.